The minimum Gasteiger partial charge on any atom is -0.378 e. The van der Waals surface area contributed by atoms with Crippen LogP contribution in [0.3, 0.4) is 0 Å². The summed E-state index contributed by atoms with van der Waals surface area (Å²) in [5, 5.41) is 19.1. The number of amides is 4. The summed E-state index contributed by atoms with van der Waals surface area (Å²) in [7, 11) is -3.72. The number of sulfonamides is 1. The van der Waals surface area contributed by atoms with Crippen LogP contribution in [-0.2, 0) is 15.6 Å². The van der Waals surface area contributed by atoms with Gasteiger partial charge in [-0.2, -0.15) is 11.3 Å². The number of imide groups is 1. The Morgan fingerprint density at radius 3 is 2.65 bits per heavy atom. The molecule has 26 heavy (non-hydrogen) atoms. The van der Waals surface area contributed by atoms with Gasteiger partial charge < -0.3 is 10.4 Å². The second kappa shape index (κ2) is 6.99. The van der Waals surface area contributed by atoms with Gasteiger partial charge in [0.15, 0.2) is 0 Å². The van der Waals surface area contributed by atoms with Crippen LogP contribution in [0.1, 0.15) is 10.4 Å². The zero-order valence-corrected chi connectivity index (χ0v) is 16.2. The lowest BCUT2D eigenvalue weighted by molar-refractivity contribution is 0.0847. The number of nitrogens with zero attached hydrogens (tertiary/aromatic N) is 2. The number of carbonyl (C=O) groups excluding carboxylic acids is 2. The maximum absolute atomic E-state index is 12.4. The average Bonchev–Trinajstić information content (AvgIpc) is 3.31. The van der Waals surface area contributed by atoms with Gasteiger partial charge in [0.25, 0.3) is 0 Å². The molecular formula is C15H17N3O5S3. The summed E-state index contributed by atoms with van der Waals surface area (Å²) in [5.41, 5.74) is -0.792. The zero-order chi connectivity index (χ0) is 18.9. The number of carbonyl (C=O) groups is 2. The van der Waals surface area contributed by atoms with Crippen LogP contribution in [-0.4, -0.2) is 60.7 Å². The zero-order valence-electron chi connectivity index (χ0n) is 13.8. The van der Waals surface area contributed by atoms with Crippen molar-refractivity contribution in [1.82, 2.24) is 14.5 Å². The summed E-state index contributed by atoms with van der Waals surface area (Å²) in [4.78, 5) is 26.0. The van der Waals surface area contributed by atoms with Crippen molar-refractivity contribution in [2.75, 3.05) is 25.9 Å². The Morgan fingerprint density at radius 1 is 1.35 bits per heavy atom. The van der Waals surface area contributed by atoms with Crippen LogP contribution in [0.25, 0.3) is 0 Å². The molecule has 1 aliphatic heterocycles. The van der Waals surface area contributed by atoms with Crippen LogP contribution < -0.4 is 5.32 Å². The van der Waals surface area contributed by atoms with Gasteiger partial charge in [0.05, 0.1) is 25.9 Å². The molecule has 3 rings (SSSR count). The van der Waals surface area contributed by atoms with Crippen molar-refractivity contribution in [1.29, 1.82) is 0 Å². The third-order valence-electron chi connectivity index (χ3n) is 4.04. The normalized spacial score (nSPS) is 17.4. The molecule has 1 saturated heterocycles. The molecule has 11 heteroatoms. The molecule has 0 spiro atoms. The molecule has 1 fully saturated rings. The summed E-state index contributed by atoms with van der Waals surface area (Å²) in [6, 6.07) is 3.70. The van der Waals surface area contributed by atoms with Gasteiger partial charge in [0.2, 0.25) is 10.0 Å². The summed E-state index contributed by atoms with van der Waals surface area (Å²) in [6.07, 6.45) is 0.915. The van der Waals surface area contributed by atoms with Crippen LogP contribution in [0.5, 0.6) is 0 Å². The molecule has 2 aromatic rings. The van der Waals surface area contributed by atoms with Gasteiger partial charge in [-0.25, -0.2) is 27.2 Å². The van der Waals surface area contributed by atoms with E-state index in [0.717, 1.165) is 11.2 Å². The Labute approximate surface area is 158 Å². The fourth-order valence-electron chi connectivity index (χ4n) is 2.66. The Balaban J connectivity index is 1.75. The van der Waals surface area contributed by atoms with Crippen molar-refractivity contribution in [2.45, 2.75) is 5.60 Å². The molecule has 0 aliphatic carbocycles. The number of nitrogens with one attached hydrogen (secondary N) is 1. The Bertz CT molecular complexity index is 859. The van der Waals surface area contributed by atoms with Crippen LogP contribution in [0, 0.1) is 0 Å². The first-order chi connectivity index (χ1) is 12.2. The first kappa shape index (κ1) is 18.8. The topological polar surface area (TPSA) is 107 Å². The maximum atomic E-state index is 12.4. The minimum atomic E-state index is -3.72. The van der Waals surface area contributed by atoms with E-state index in [-0.39, 0.29) is 19.6 Å². The van der Waals surface area contributed by atoms with Crippen molar-refractivity contribution in [3.8, 4) is 0 Å². The maximum Gasteiger partial charge on any atom is 0.341 e. The number of aliphatic hydroxyl groups is 1. The molecule has 2 N–H and O–H groups in total. The molecule has 1 aliphatic rings. The first-order valence-corrected chi connectivity index (χ1v) is 11.3. The molecule has 0 radical (unpaired) electrons. The third-order valence-corrected chi connectivity index (χ3v) is 6.88. The van der Waals surface area contributed by atoms with E-state index >= 15 is 0 Å². The third kappa shape index (κ3) is 3.47. The lowest BCUT2D eigenvalue weighted by Gasteiger charge is -2.27. The van der Waals surface area contributed by atoms with Crippen molar-refractivity contribution in [2.24, 2.45) is 0 Å². The Kier molecular flexibility index (Phi) is 5.06. The SMILES string of the molecule is CS(=O)(=O)N1CCN(C(=O)NC[C@@](O)(c2ccsc2)c2cccs2)C1=O. The summed E-state index contributed by atoms with van der Waals surface area (Å²) >= 11 is 2.77. The second-order valence-corrected chi connectivity index (χ2v) is 9.41. The van der Waals surface area contributed by atoms with Crippen molar-refractivity contribution in [3.05, 3.63) is 44.8 Å². The van der Waals surface area contributed by atoms with Gasteiger partial charge in [0.1, 0.15) is 5.60 Å². The van der Waals surface area contributed by atoms with Gasteiger partial charge in [-0.1, -0.05) is 6.07 Å². The molecule has 4 amide bonds. The predicted octanol–water partition coefficient (Wildman–Crippen LogP) is 1.45. The number of hydrogen-bond donors (Lipinski definition) is 2. The van der Waals surface area contributed by atoms with Crippen molar-refractivity contribution >= 4 is 44.8 Å². The van der Waals surface area contributed by atoms with E-state index in [1.165, 1.54) is 22.7 Å². The smallest absolute Gasteiger partial charge is 0.341 e. The minimum absolute atomic E-state index is 0.0341. The molecule has 0 saturated carbocycles. The molecule has 0 aromatic carbocycles. The van der Waals surface area contributed by atoms with Gasteiger partial charge in [-0.05, 0) is 28.3 Å². The number of urea groups is 2. The van der Waals surface area contributed by atoms with Crippen LogP contribution in [0.4, 0.5) is 9.59 Å². The summed E-state index contributed by atoms with van der Waals surface area (Å²) < 4.78 is 23.7. The number of thiophene rings is 2. The van der Waals surface area contributed by atoms with Gasteiger partial charge >= 0.3 is 12.1 Å². The fraction of sp³-hybridized carbons (Fsp3) is 0.333. The fourth-order valence-corrected chi connectivity index (χ4v) is 5.02. The van der Waals surface area contributed by atoms with E-state index in [4.69, 9.17) is 0 Å². The summed E-state index contributed by atoms with van der Waals surface area (Å²) in [5.74, 6) is 0. The lowest BCUT2D eigenvalue weighted by atomic mass is 9.94. The standard InChI is InChI=1S/C15H17N3O5S3/c1-26(22,23)18-6-5-17(14(18)20)13(19)16-10-15(21,11-4-8-24-9-11)12-3-2-7-25-12/h2-4,7-9,21H,5-6,10H2,1H3,(H,16,19)/t15-/m1/s1. The van der Waals surface area contributed by atoms with E-state index in [2.05, 4.69) is 5.32 Å². The highest BCUT2D eigenvalue weighted by atomic mass is 32.2. The average molecular weight is 416 g/mol. The van der Waals surface area contributed by atoms with E-state index in [9.17, 15) is 23.1 Å². The molecule has 140 valence electrons. The van der Waals surface area contributed by atoms with Crippen molar-refractivity contribution < 1.29 is 23.1 Å². The van der Waals surface area contributed by atoms with E-state index in [1.807, 2.05) is 10.8 Å². The molecule has 8 nitrogen and oxygen atoms in total. The monoisotopic (exact) mass is 415 g/mol. The highest BCUT2D eigenvalue weighted by molar-refractivity contribution is 7.88. The Morgan fingerprint density at radius 2 is 2.12 bits per heavy atom. The molecule has 1 atom stereocenters. The molecule has 3 heterocycles. The van der Waals surface area contributed by atoms with E-state index in [0.29, 0.717) is 14.7 Å². The van der Waals surface area contributed by atoms with Gasteiger partial charge in [-0.3, -0.25) is 0 Å². The van der Waals surface area contributed by atoms with Crippen LogP contribution >= 0.6 is 22.7 Å². The highest BCUT2D eigenvalue weighted by Crippen LogP contribution is 2.33. The van der Waals surface area contributed by atoms with E-state index in [1.54, 1.807) is 23.6 Å². The lowest BCUT2D eigenvalue weighted by Crippen LogP contribution is -2.48. The number of rotatable bonds is 5. The van der Waals surface area contributed by atoms with Gasteiger partial charge in [-0.15, -0.1) is 11.3 Å². The highest BCUT2D eigenvalue weighted by Gasteiger charge is 2.40. The summed E-state index contributed by atoms with van der Waals surface area (Å²) in [6.45, 7) is -0.260. The van der Waals surface area contributed by atoms with Crippen LogP contribution in [0.2, 0.25) is 0 Å². The molecule has 0 bridgehead atoms. The van der Waals surface area contributed by atoms with Crippen molar-refractivity contribution in [3.63, 3.8) is 0 Å². The van der Waals surface area contributed by atoms with E-state index < -0.39 is 27.7 Å². The quantitative estimate of drug-likeness (QED) is 0.769. The molecule has 2 aromatic heterocycles. The first-order valence-electron chi connectivity index (χ1n) is 7.59. The second-order valence-electron chi connectivity index (χ2n) is 5.78. The molecular weight excluding hydrogens is 398 g/mol. The van der Waals surface area contributed by atoms with Gasteiger partial charge in [0, 0.05) is 10.4 Å². The Hall–Kier alpha value is -1.95. The predicted molar refractivity (Wildman–Crippen MR) is 98.7 cm³/mol. The molecule has 0 unspecified atom stereocenters. The number of hydrogen-bond acceptors (Lipinski definition) is 7. The van der Waals surface area contributed by atoms with Crippen LogP contribution in [0.15, 0.2) is 34.3 Å². The largest absolute Gasteiger partial charge is 0.378 e.